The fourth-order valence-corrected chi connectivity index (χ4v) is 1.56. The van der Waals surface area contributed by atoms with Gasteiger partial charge in [-0.2, -0.15) is 0 Å². The maximum absolute atomic E-state index is 11.4. The molecule has 0 aliphatic rings. The van der Waals surface area contributed by atoms with Crippen LogP contribution in [-0.2, 0) is 16.1 Å². The van der Waals surface area contributed by atoms with Crippen molar-refractivity contribution in [2.45, 2.75) is 25.9 Å². The number of ether oxygens (including phenoxy) is 2. The van der Waals surface area contributed by atoms with E-state index in [1.54, 1.807) is 0 Å². The zero-order valence-electron chi connectivity index (χ0n) is 11.7. The molecule has 1 rings (SSSR count). The minimum atomic E-state index is -0.408. The van der Waals surface area contributed by atoms with Gasteiger partial charge >= 0.3 is 6.09 Å². The smallest absolute Gasteiger partial charge is 0.407 e. The van der Waals surface area contributed by atoms with Crippen LogP contribution in [0, 0.1) is 0 Å². The molecule has 0 saturated heterocycles. The van der Waals surface area contributed by atoms with Crippen molar-refractivity contribution >= 4 is 6.09 Å². The molecule has 20 heavy (non-hydrogen) atoms. The highest BCUT2D eigenvalue weighted by Crippen LogP contribution is 2.00. The standard InChI is InChI=1S/C15H23NO4/c17-10-4-5-11-19-12-6-9-16-15(18)20-13-14-7-2-1-3-8-14/h1-3,7-8,17H,4-6,9-13H2,(H,16,18). The van der Waals surface area contributed by atoms with Crippen molar-refractivity contribution < 1.29 is 19.4 Å². The molecule has 2 N–H and O–H groups in total. The summed E-state index contributed by atoms with van der Waals surface area (Å²) in [6.07, 6.45) is 1.97. The van der Waals surface area contributed by atoms with E-state index in [0.29, 0.717) is 19.8 Å². The summed E-state index contributed by atoms with van der Waals surface area (Å²) in [7, 11) is 0. The van der Waals surface area contributed by atoms with Gasteiger partial charge in [0, 0.05) is 26.4 Å². The molecular formula is C15H23NO4. The van der Waals surface area contributed by atoms with Gasteiger partial charge in [-0.05, 0) is 24.8 Å². The van der Waals surface area contributed by atoms with Crippen molar-refractivity contribution in [2.24, 2.45) is 0 Å². The molecule has 0 aliphatic carbocycles. The molecule has 0 unspecified atom stereocenters. The Morgan fingerprint density at radius 3 is 2.60 bits per heavy atom. The Morgan fingerprint density at radius 2 is 1.85 bits per heavy atom. The van der Waals surface area contributed by atoms with Gasteiger partial charge in [0.15, 0.2) is 0 Å². The topological polar surface area (TPSA) is 67.8 Å². The Balaban J connectivity index is 1.93. The average Bonchev–Trinajstić information content (AvgIpc) is 2.49. The van der Waals surface area contributed by atoms with E-state index < -0.39 is 6.09 Å². The first-order valence-corrected chi connectivity index (χ1v) is 6.96. The Kier molecular flexibility index (Phi) is 9.26. The van der Waals surface area contributed by atoms with E-state index in [9.17, 15) is 4.79 Å². The molecule has 0 saturated carbocycles. The van der Waals surface area contributed by atoms with Crippen LogP contribution in [-0.4, -0.2) is 37.6 Å². The molecule has 0 fully saturated rings. The number of amides is 1. The third kappa shape index (κ3) is 8.50. The van der Waals surface area contributed by atoms with Gasteiger partial charge < -0.3 is 19.9 Å². The molecule has 5 heteroatoms. The van der Waals surface area contributed by atoms with Crippen molar-refractivity contribution in [2.75, 3.05) is 26.4 Å². The van der Waals surface area contributed by atoms with Gasteiger partial charge in [0.25, 0.3) is 0 Å². The van der Waals surface area contributed by atoms with Gasteiger partial charge in [-0.1, -0.05) is 30.3 Å². The number of unbranched alkanes of at least 4 members (excludes halogenated alkanes) is 1. The highest BCUT2D eigenvalue weighted by atomic mass is 16.5. The lowest BCUT2D eigenvalue weighted by Gasteiger charge is -2.07. The SMILES string of the molecule is O=C(NCCCOCCCCO)OCc1ccccc1. The van der Waals surface area contributed by atoms with E-state index in [2.05, 4.69) is 5.32 Å². The highest BCUT2D eigenvalue weighted by molar-refractivity contribution is 5.67. The normalized spacial score (nSPS) is 10.2. The molecule has 1 aromatic rings. The number of rotatable bonds is 10. The van der Waals surface area contributed by atoms with E-state index >= 15 is 0 Å². The van der Waals surface area contributed by atoms with Gasteiger partial charge in [-0.15, -0.1) is 0 Å². The first-order chi connectivity index (χ1) is 9.83. The first kappa shape index (κ1) is 16.5. The molecule has 0 aliphatic heterocycles. The Labute approximate surface area is 119 Å². The van der Waals surface area contributed by atoms with E-state index in [1.807, 2.05) is 30.3 Å². The zero-order valence-corrected chi connectivity index (χ0v) is 11.7. The van der Waals surface area contributed by atoms with Crippen molar-refractivity contribution in [3.05, 3.63) is 35.9 Å². The molecule has 1 amide bonds. The van der Waals surface area contributed by atoms with Crippen LogP contribution in [0.4, 0.5) is 4.79 Å². The lowest BCUT2D eigenvalue weighted by molar-refractivity contribution is 0.118. The molecule has 1 aromatic carbocycles. The fraction of sp³-hybridized carbons (Fsp3) is 0.533. The number of hydrogen-bond donors (Lipinski definition) is 2. The van der Waals surface area contributed by atoms with Crippen molar-refractivity contribution in [3.63, 3.8) is 0 Å². The van der Waals surface area contributed by atoms with Crippen molar-refractivity contribution in [1.29, 1.82) is 0 Å². The summed E-state index contributed by atoms with van der Waals surface area (Å²) >= 11 is 0. The predicted molar refractivity (Wildman–Crippen MR) is 76.4 cm³/mol. The van der Waals surface area contributed by atoms with E-state index in [1.165, 1.54) is 0 Å². The van der Waals surface area contributed by atoms with Crippen LogP contribution in [0.2, 0.25) is 0 Å². The second kappa shape index (κ2) is 11.3. The number of carbonyl (C=O) groups excluding carboxylic acids is 1. The predicted octanol–water partition coefficient (Wildman–Crippen LogP) is 2.09. The number of aliphatic hydroxyl groups is 1. The molecule has 0 radical (unpaired) electrons. The summed E-state index contributed by atoms with van der Waals surface area (Å²) in [6, 6.07) is 9.56. The summed E-state index contributed by atoms with van der Waals surface area (Å²) in [5.74, 6) is 0. The maximum Gasteiger partial charge on any atom is 0.407 e. The third-order valence-corrected chi connectivity index (χ3v) is 2.64. The van der Waals surface area contributed by atoms with Gasteiger partial charge in [0.2, 0.25) is 0 Å². The Hall–Kier alpha value is -1.59. The number of aliphatic hydroxyl groups excluding tert-OH is 1. The van der Waals surface area contributed by atoms with Gasteiger partial charge in [-0.3, -0.25) is 0 Å². The quantitative estimate of drug-likeness (QED) is 0.644. The summed E-state index contributed by atoms with van der Waals surface area (Å²) in [4.78, 5) is 11.4. The van der Waals surface area contributed by atoms with E-state index in [-0.39, 0.29) is 13.2 Å². The van der Waals surface area contributed by atoms with Crippen LogP contribution in [0.25, 0.3) is 0 Å². The monoisotopic (exact) mass is 281 g/mol. The van der Waals surface area contributed by atoms with Gasteiger partial charge in [0.05, 0.1) is 0 Å². The number of nitrogens with one attached hydrogen (secondary N) is 1. The molecule has 0 bridgehead atoms. The lowest BCUT2D eigenvalue weighted by Crippen LogP contribution is -2.26. The van der Waals surface area contributed by atoms with E-state index in [0.717, 1.165) is 24.8 Å². The second-order valence-corrected chi connectivity index (χ2v) is 4.39. The minimum Gasteiger partial charge on any atom is -0.445 e. The van der Waals surface area contributed by atoms with E-state index in [4.69, 9.17) is 14.6 Å². The molecule has 112 valence electrons. The number of benzene rings is 1. The molecule has 5 nitrogen and oxygen atoms in total. The molecular weight excluding hydrogens is 258 g/mol. The van der Waals surface area contributed by atoms with Gasteiger partial charge in [0.1, 0.15) is 6.61 Å². The molecule has 0 atom stereocenters. The first-order valence-electron chi connectivity index (χ1n) is 6.96. The van der Waals surface area contributed by atoms with Crippen molar-refractivity contribution in [3.8, 4) is 0 Å². The van der Waals surface area contributed by atoms with Crippen LogP contribution in [0.5, 0.6) is 0 Å². The third-order valence-electron chi connectivity index (χ3n) is 2.64. The van der Waals surface area contributed by atoms with Crippen molar-refractivity contribution in [1.82, 2.24) is 5.32 Å². The fourth-order valence-electron chi connectivity index (χ4n) is 1.56. The maximum atomic E-state index is 11.4. The minimum absolute atomic E-state index is 0.207. The summed E-state index contributed by atoms with van der Waals surface area (Å²) in [5, 5.41) is 11.3. The summed E-state index contributed by atoms with van der Waals surface area (Å²) in [5.41, 5.74) is 0.967. The van der Waals surface area contributed by atoms with Crippen LogP contribution in [0.15, 0.2) is 30.3 Å². The average molecular weight is 281 g/mol. The van der Waals surface area contributed by atoms with Crippen LogP contribution in [0.3, 0.4) is 0 Å². The van der Waals surface area contributed by atoms with Crippen LogP contribution < -0.4 is 5.32 Å². The summed E-state index contributed by atoms with van der Waals surface area (Å²) in [6.45, 7) is 2.28. The summed E-state index contributed by atoms with van der Waals surface area (Å²) < 4.78 is 10.4. The Bertz CT molecular complexity index is 356. The van der Waals surface area contributed by atoms with Crippen LogP contribution in [0.1, 0.15) is 24.8 Å². The largest absolute Gasteiger partial charge is 0.445 e. The van der Waals surface area contributed by atoms with Gasteiger partial charge in [-0.25, -0.2) is 4.79 Å². The molecule has 0 heterocycles. The molecule has 0 aromatic heterocycles. The molecule has 0 spiro atoms. The number of hydrogen-bond acceptors (Lipinski definition) is 4. The Morgan fingerprint density at radius 1 is 1.10 bits per heavy atom. The number of carbonyl (C=O) groups is 1. The highest BCUT2D eigenvalue weighted by Gasteiger charge is 2.01. The zero-order chi connectivity index (χ0) is 14.5. The van der Waals surface area contributed by atoms with Crippen LogP contribution >= 0.6 is 0 Å². The second-order valence-electron chi connectivity index (χ2n) is 4.39. The number of alkyl carbamates (subject to hydrolysis) is 1. The lowest BCUT2D eigenvalue weighted by atomic mass is 10.2.